The Labute approximate surface area is 208 Å². The third-order valence-electron chi connectivity index (χ3n) is 5.46. The van der Waals surface area contributed by atoms with E-state index in [0.717, 1.165) is 5.56 Å². The topological polar surface area (TPSA) is 160 Å². The van der Waals surface area contributed by atoms with Crippen LogP contribution in [0, 0.1) is 0 Å². The summed E-state index contributed by atoms with van der Waals surface area (Å²) in [5, 5.41) is 26.5. The second-order valence-corrected chi connectivity index (χ2v) is 8.18. The fourth-order valence-electron chi connectivity index (χ4n) is 3.75. The van der Waals surface area contributed by atoms with Gasteiger partial charge in [-0.3, -0.25) is 19.3 Å². The van der Waals surface area contributed by atoms with Crippen LogP contribution in [0.5, 0.6) is 0 Å². The summed E-state index contributed by atoms with van der Waals surface area (Å²) < 4.78 is 28.6. The summed E-state index contributed by atoms with van der Waals surface area (Å²) in [4.78, 5) is 34.1. The van der Waals surface area contributed by atoms with Gasteiger partial charge in [0.2, 0.25) is 0 Å². The highest BCUT2D eigenvalue weighted by atomic mass is 35.5. The number of imidazole rings is 1. The normalized spacial score (nSPS) is 23.5. The van der Waals surface area contributed by atoms with E-state index in [9.17, 15) is 15.0 Å². The highest BCUT2D eigenvalue weighted by molar-refractivity contribution is 6.30. The summed E-state index contributed by atoms with van der Waals surface area (Å²) in [5.74, 6) is -0.521. The number of aromatic nitrogens is 6. The Morgan fingerprint density at radius 2 is 2.14 bits per heavy atom. The van der Waals surface area contributed by atoms with Gasteiger partial charge in [-0.05, 0) is 17.7 Å². The van der Waals surface area contributed by atoms with Crippen molar-refractivity contribution >= 4 is 34.5 Å². The molecule has 1 aliphatic rings. The van der Waals surface area contributed by atoms with Gasteiger partial charge in [0.15, 0.2) is 35.1 Å². The van der Waals surface area contributed by atoms with Crippen molar-refractivity contribution in [3.63, 3.8) is 0 Å². The number of hydrogen-bond donors (Lipinski definition) is 4. The summed E-state index contributed by atoms with van der Waals surface area (Å²) in [6.45, 7) is -2.44. The molecule has 0 radical (unpaired) electrons. The van der Waals surface area contributed by atoms with Crippen LogP contribution in [0.4, 0.5) is 5.82 Å². The van der Waals surface area contributed by atoms with Crippen molar-refractivity contribution in [1.82, 2.24) is 34.8 Å². The molecule has 4 N–H and O–H groups in total. The number of rotatable bonds is 6. The number of fused-ring (bicyclic) bond motifs is 1. The molecule has 5 heterocycles. The number of aliphatic hydroxyl groups excluding tert-OH is 2. The van der Waals surface area contributed by atoms with E-state index in [-0.39, 0.29) is 11.5 Å². The van der Waals surface area contributed by atoms with Gasteiger partial charge in [0, 0.05) is 48.0 Å². The van der Waals surface area contributed by atoms with E-state index in [4.69, 9.17) is 20.5 Å². The third kappa shape index (κ3) is 4.39. The lowest BCUT2D eigenvalue weighted by Gasteiger charge is -2.17. The van der Waals surface area contributed by atoms with Crippen LogP contribution in [0.3, 0.4) is 0 Å². The fraction of sp³-hybridized carbons (Fsp3) is 0.273. The molecule has 35 heavy (non-hydrogen) atoms. The SMILES string of the molecule is [2H]C([2H])([2H])NC(=O)[C@H]1O[C@@H](n2cnc3c(NCc4cccnc4)nc(-c4cncc(Cl)c4)nc32)[C@H](O)[C@@H]1O. The Kier molecular flexibility index (Phi) is 5.32. The molecule has 13 heteroatoms. The number of nitrogens with one attached hydrogen (secondary N) is 2. The molecule has 0 saturated carbocycles. The van der Waals surface area contributed by atoms with Crippen LogP contribution in [-0.4, -0.2) is 70.9 Å². The smallest absolute Gasteiger partial charge is 0.251 e. The molecule has 1 aliphatic heterocycles. The van der Waals surface area contributed by atoms with Gasteiger partial charge in [0.25, 0.3) is 5.91 Å². The zero-order valence-electron chi connectivity index (χ0n) is 20.9. The molecule has 0 aromatic carbocycles. The molecule has 12 nitrogen and oxygen atoms in total. The monoisotopic (exact) mass is 499 g/mol. The van der Waals surface area contributed by atoms with Gasteiger partial charge in [-0.1, -0.05) is 17.7 Å². The minimum atomic E-state index is -2.80. The maximum Gasteiger partial charge on any atom is 0.251 e. The molecule has 4 atom stereocenters. The molecule has 1 amide bonds. The van der Waals surface area contributed by atoms with Crippen molar-refractivity contribution < 1.29 is 23.9 Å². The average molecular weight is 500 g/mol. The molecular formula is C22H21ClN8O4. The van der Waals surface area contributed by atoms with Gasteiger partial charge in [-0.15, -0.1) is 0 Å². The van der Waals surface area contributed by atoms with Crippen molar-refractivity contribution in [3.8, 4) is 11.4 Å². The first-order valence-corrected chi connectivity index (χ1v) is 10.8. The lowest BCUT2D eigenvalue weighted by Crippen LogP contribution is -2.41. The molecule has 0 bridgehead atoms. The molecule has 1 fully saturated rings. The lowest BCUT2D eigenvalue weighted by molar-refractivity contribution is -0.137. The van der Waals surface area contributed by atoms with E-state index in [1.54, 1.807) is 29.8 Å². The van der Waals surface area contributed by atoms with Crippen LogP contribution < -0.4 is 10.6 Å². The second kappa shape index (κ2) is 9.50. The van der Waals surface area contributed by atoms with Gasteiger partial charge in [0.1, 0.15) is 12.2 Å². The second-order valence-electron chi connectivity index (χ2n) is 7.74. The zero-order valence-corrected chi connectivity index (χ0v) is 18.7. The van der Waals surface area contributed by atoms with Gasteiger partial charge in [0.05, 0.1) is 11.3 Å². The molecule has 0 aliphatic carbocycles. The highest BCUT2D eigenvalue weighted by Crippen LogP contribution is 2.33. The summed E-state index contributed by atoms with van der Waals surface area (Å²) >= 11 is 6.12. The highest BCUT2D eigenvalue weighted by Gasteiger charge is 2.47. The van der Waals surface area contributed by atoms with Gasteiger partial charge in [-0.25, -0.2) is 15.0 Å². The Morgan fingerprint density at radius 3 is 2.91 bits per heavy atom. The number of hydrogen-bond acceptors (Lipinski definition) is 10. The largest absolute Gasteiger partial charge is 0.387 e. The Balaban J connectivity index is 1.54. The van der Waals surface area contributed by atoms with Crippen LogP contribution >= 0.6 is 11.6 Å². The predicted molar refractivity (Wildman–Crippen MR) is 125 cm³/mol. The van der Waals surface area contributed by atoms with Gasteiger partial charge >= 0.3 is 0 Å². The Bertz CT molecular complexity index is 1470. The van der Waals surface area contributed by atoms with Crippen LogP contribution in [-0.2, 0) is 16.1 Å². The van der Waals surface area contributed by atoms with E-state index >= 15 is 0 Å². The van der Waals surface area contributed by atoms with Crippen molar-refractivity contribution in [2.45, 2.75) is 31.1 Å². The maximum atomic E-state index is 12.4. The number of pyridine rings is 2. The predicted octanol–water partition coefficient (Wildman–Crippen LogP) is 0.914. The van der Waals surface area contributed by atoms with E-state index in [1.807, 2.05) is 6.07 Å². The summed E-state index contributed by atoms with van der Waals surface area (Å²) in [7, 11) is 0. The number of ether oxygens (including phenoxy) is 1. The molecule has 4 aromatic rings. The van der Waals surface area contributed by atoms with Crippen molar-refractivity contribution in [3.05, 3.63) is 59.9 Å². The Morgan fingerprint density at radius 1 is 1.26 bits per heavy atom. The summed E-state index contributed by atoms with van der Waals surface area (Å²) in [5.41, 5.74) is 1.90. The number of amides is 1. The van der Waals surface area contributed by atoms with E-state index in [2.05, 4.69) is 30.2 Å². The van der Waals surface area contributed by atoms with Crippen molar-refractivity contribution in [2.75, 3.05) is 12.3 Å². The van der Waals surface area contributed by atoms with Crippen molar-refractivity contribution in [1.29, 1.82) is 0 Å². The quantitative estimate of drug-likeness (QED) is 0.300. The molecule has 4 aromatic heterocycles. The molecule has 1 saturated heterocycles. The minimum Gasteiger partial charge on any atom is -0.387 e. The third-order valence-corrected chi connectivity index (χ3v) is 5.67. The van der Waals surface area contributed by atoms with Crippen LogP contribution in [0.2, 0.25) is 5.02 Å². The zero-order chi connectivity index (χ0) is 27.0. The maximum absolute atomic E-state index is 12.4. The number of halogens is 1. The first-order chi connectivity index (χ1) is 18.1. The summed E-state index contributed by atoms with van der Waals surface area (Å²) in [6.07, 6.45) is 1.40. The van der Waals surface area contributed by atoms with E-state index < -0.39 is 37.4 Å². The first-order valence-electron chi connectivity index (χ1n) is 11.9. The number of anilines is 1. The average Bonchev–Trinajstić information content (AvgIpc) is 3.43. The minimum absolute atomic E-state index is 0.205. The molecule has 180 valence electrons. The van der Waals surface area contributed by atoms with Crippen LogP contribution in [0.15, 0.2) is 49.3 Å². The van der Waals surface area contributed by atoms with Gasteiger partial charge in [-0.2, -0.15) is 0 Å². The van der Waals surface area contributed by atoms with Crippen LogP contribution in [0.25, 0.3) is 22.6 Å². The number of aliphatic hydroxyl groups is 2. The number of carbonyl (C=O) groups excluding carboxylic acids is 1. The number of likely N-dealkylation sites (N-methyl/N-ethyl adjacent to an activating group) is 1. The standard InChI is InChI=1S/C22H21ClN8O4/c1-24-21(34)17-15(32)16(33)22(35-17)31-10-28-14-19(27-7-11-3-2-4-25-6-11)29-18(30-20(14)31)12-5-13(23)9-26-8-12/h2-6,8-10,15-17,22,32-33H,7H2,1H3,(H,24,34)(H,27,29,30)/t15-,16+,17-,22+/m0/s1/i1D3. The van der Waals surface area contributed by atoms with E-state index in [1.165, 1.54) is 23.3 Å². The van der Waals surface area contributed by atoms with E-state index in [0.29, 0.717) is 28.5 Å². The number of nitrogens with zero attached hydrogens (tertiary/aromatic N) is 6. The van der Waals surface area contributed by atoms with Gasteiger partial charge < -0.3 is 25.6 Å². The molecule has 5 rings (SSSR count). The lowest BCUT2D eigenvalue weighted by atomic mass is 10.1. The van der Waals surface area contributed by atoms with Crippen molar-refractivity contribution in [2.24, 2.45) is 0 Å². The molecule has 0 unspecified atom stereocenters. The Hall–Kier alpha value is -3.71. The number of carbonyl (C=O) groups is 1. The summed E-state index contributed by atoms with van der Waals surface area (Å²) in [6, 6.07) is 5.31. The molecule has 0 spiro atoms. The molecular weight excluding hydrogens is 476 g/mol. The van der Waals surface area contributed by atoms with Crippen LogP contribution in [0.1, 0.15) is 15.9 Å². The fourth-order valence-corrected chi connectivity index (χ4v) is 3.93. The first kappa shape index (κ1) is 19.6.